The summed E-state index contributed by atoms with van der Waals surface area (Å²) >= 11 is 0. The van der Waals surface area contributed by atoms with E-state index < -0.39 is 24.2 Å². The van der Waals surface area contributed by atoms with Gasteiger partial charge in [-0.05, 0) is 61.8 Å². The van der Waals surface area contributed by atoms with E-state index in [1.54, 1.807) is 0 Å². The fourth-order valence-corrected chi connectivity index (χ4v) is 4.75. The van der Waals surface area contributed by atoms with Gasteiger partial charge in [0.2, 0.25) is 11.5 Å². The maximum atomic E-state index is 12.4. The van der Waals surface area contributed by atoms with E-state index in [2.05, 4.69) is 29.6 Å². The van der Waals surface area contributed by atoms with Gasteiger partial charge in [0.1, 0.15) is 11.1 Å². The van der Waals surface area contributed by atoms with E-state index in [1.165, 1.54) is 66.9 Å². The Hall–Kier alpha value is -5.36. The minimum Gasteiger partial charge on any atom is -0.493 e. The van der Waals surface area contributed by atoms with Crippen LogP contribution in [0.15, 0.2) is 24.3 Å². The largest absolute Gasteiger partial charge is 0.543 e. The molecule has 0 N–H and O–H groups in total. The third-order valence-electron chi connectivity index (χ3n) is 7.11. The monoisotopic (exact) mass is 684 g/mol. The van der Waals surface area contributed by atoms with Crippen LogP contribution in [-0.4, -0.2) is 80.1 Å². The molecule has 0 saturated heterocycles. The van der Waals surface area contributed by atoms with Gasteiger partial charge in [-0.2, -0.15) is 0 Å². The molecule has 0 spiro atoms. The first-order valence-electron chi connectivity index (χ1n) is 14.2. The van der Waals surface area contributed by atoms with E-state index in [1.807, 2.05) is 0 Å². The molecule has 0 aromatic heterocycles. The molecule has 0 aliphatic heterocycles. The van der Waals surface area contributed by atoms with Crippen molar-refractivity contribution in [2.75, 3.05) is 55.9 Å². The van der Waals surface area contributed by atoms with Crippen LogP contribution in [0.1, 0.15) is 46.4 Å². The van der Waals surface area contributed by atoms with Gasteiger partial charge in [0.15, 0.2) is 23.0 Å². The number of carbonyl (C=O) groups excluding carboxylic acids is 4. The van der Waals surface area contributed by atoms with Gasteiger partial charge in [-0.15, -0.1) is 0 Å². The summed E-state index contributed by atoms with van der Waals surface area (Å²) < 4.78 is 41.2. The van der Waals surface area contributed by atoms with Crippen LogP contribution in [0.25, 0.3) is 0 Å². The molecule has 2 aromatic rings. The fraction of sp³-hybridized carbons (Fsp3) is 0.467. The van der Waals surface area contributed by atoms with Gasteiger partial charge in [-0.25, -0.2) is 29.0 Å². The number of methoxy groups -OCH3 is 6. The minimum atomic E-state index is -1.22. The van der Waals surface area contributed by atoms with Crippen LogP contribution < -0.4 is 28.4 Å². The number of carbonyl (C=O) groups is 4. The van der Waals surface area contributed by atoms with Gasteiger partial charge < -0.3 is 37.9 Å². The van der Waals surface area contributed by atoms with Crippen molar-refractivity contribution in [3.8, 4) is 34.5 Å². The molecule has 48 heavy (non-hydrogen) atoms. The summed E-state index contributed by atoms with van der Waals surface area (Å²) in [6.07, 6.45) is 0.138. The molecule has 1 saturated carbocycles. The van der Waals surface area contributed by atoms with Gasteiger partial charge >= 0.3 is 24.2 Å². The first kappa shape index (κ1) is 37.1. The molecule has 1 aliphatic carbocycles. The highest BCUT2D eigenvalue weighted by Gasteiger charge is 2.27. The molecular weight excluding hydrogens is 648 g/mol. The minimum absolute atomic E-state index is 0.00403. The summed E-state index contributed by atoms with van der Waals surface area (Å²) in [4.78, 5) is 66.3. The number of ether oxygens (including phenoxy) is 8. The van der Waals surface area contributed by atoms with Crippen molar-refractivity contribution in [3.63, 3.8) is 0 Å². The predicted molar refractivity (Wildman–Crippen MR) is 156 cm³/mol. The summed E-state index contributed by atoms with van der Waals surface area (Å²) in [5.74, 6) is -1.10. The van der Waals surface area contributed by atoms with Gasteiger partial charge in [0.05, 0.1) is 65.9 Å². The molecule has 0 heterocycles. The van der Waals surface area contributed by atoms with Crippen LogP contribution in [0.2, 0.25) is 0 Å². The Morgan fingerprint density at radius 2 is 0.854 bits per heavy atom. The zero-order chi connectivity index (χ0) is 35.1. The Labute approximate surface area is 274 Å². The highest BCUT2D eigenvalue weighted by molar-refractivity contribution is 5.94. The maximum absolute atomic E-state index is 12.4. The zero-order valence-electron chi connectivity index (χ0n) is 27.1. The Balaban J connectivity index is 1.30. The lowest BCUT2D eigenvalue weighted by molar-refractivity contribution is -0.452. The molecule has 0 radical (unpaired) electrons. The van der Waals surface area contributed by atoms with Gasteiger partial charge in [-0.1, -0.05) is 0 Å². The number of hydrogen-bond donors (Lipinski definition) is 0. The van der Waals surface area contributed by atoms with Crippen molar-refractivity contribution in [2.24, 2.45) is 11.8 Å². The van der Waals surface area contributed by atoms with E-state index in [0.717, 1.165) is 0 Å². The molecular formula is C30H36O18. The van der Waals surface area contributed by atoms with Crippen LogP contribution in [0.4, 0.5) is 9.59 Å². The van der Waals surface area contributed by atoms with Gasteiger partial charge in [0.25, 0.3) is 0 Å². The maximum Gasteiger partial charge on any atom is 0.543 e. The van der Waals surface area contributed by atoms with Gasteiger partial charge in [0, 0.05) is 0 Å². The predicted octanol–water partition coefficient (Wildman–Crippen LogP) is 4.56. The lowest BCUT2D eigenvalue weighted by Crippen LogP contribution is -2.24. The van der Waals surface area contributed by atoms with Crippen LogP contribution >= 0.6 is 0 Å². The smallest absolute Gasteiger partial charge is 0.493 e. The Morgan fingerprint density at radius 3 is 1.17 bits per heavy atom. The van der Waals surface area contributed by atoms with Crippen molar-refractivity contribution in [3.05, 3.63) is 35.4 Å². The number of rotatable bonds is 16. The summed E-state index contributed by atoms with van der Waals surface area (Å²) in [7, 11) is 8.19. The molecule has 18 heteroatoms. The number of benzene rings is 2. The summed E-state index contributed by atoms with van der Waals surface area (Å²) in [6.45, 7) is 0.0264. The van der Waals surface area contributed by atoms with Crippen molar-refractivity contribution < 1.29 is 86.7 Å². The Kier molecular flexibility index (Phi) is 14.5. The van der Waals surface area contributed by atoms with Crippen molar-refractivity contribution >= 4 is 24.2 Å². The fourth-order valence-electron chi connectivity index (χ4n) is 4.75. The standard InChI is InChI=1S/C30H36O18/c1-35-21-13-11-19(23(37-3)25(21)39-5)27(31)43-47-45-29(33)41-15-17-7-9-18(10-8-17)16-42-30(34)46-48-44-28(32)20-12-14-22(36-2)26(40-6)24(20)38-4/h11-14,17-18H,7-10,15-16H2,1-6H3. The average Bonchev–Trinajstić information content (AvgIpc) is 3.11. The second kappa shape index (κ2) is 18.7. The molecule has 18 nitrogen and oxygen atoms in total. The molecule has 2 aromatic carbocycles. The van der Waals surface area contributed by atoms with E-state index in [-0.39, 0.29) is 59.2 Å². The lowest BCUT2D eigenvalue weighted by atomic mass is 9.83. The third kappa shape index (κ3) is 9.82. The molecule has 1 fully saturated rings. The first-order chi connectivity index (χ1) is 23.2. The molecule has 0 atom stereocenters. The highest BCUT2D eigenvalue weighted by Crippen LogP contribution is 2.41. The second-order valence-corrected chi connectivity index (χ2v) is 9.82. The second-order valence-electron chi connectivity index (χ2n) is 9.82. The zero-order valence-corrected chi connectivity index (χ0v) is 27.1. The molecule has 0 unspecified atom stereocenters. The van der Waals surface area contributed by atoms with E-state index in [9.17, 15) is 19.2 Å². The van der Waals surface area contributed by atoms with Crippen molar-refractivity contribution in [1.82, 2.24) is 0 Å². The summed E-state index contributed by atoms with van der Waals surface area (Å²) in [5, 5.41) is 8.56. The van der Waals surface area contributed by atoms with Gasteiger partial charge in [-0.3, -0.25) is 9.78 Å². The Bertz CT molecular complexity index is 1300. The van der Waals surface area contributed by atoms with Crippen LogP contribution in [-0.2, 0) is 39.1 Å². The van der Waals surface area contributed by atoms with Crippen LogP contribution in [0.3, 0.4) is 0 Å². The molecule has 0 bridgehead atoms. The van der Waals surface area contributed by atoms with Crippen molar-refractivity contribution in [2.45, 2.75) is 25.7 Å². The topological polar surface area (TPSA) is 197 Å². The van der Waals surface area contributed by atoms with E-state index in [0.29, 0.717) is 37.2 Å². The van der Waals surface area contributed by atoms with E-state index in [4.69, 9.17) is 37.9 Å². The lowest BCUT2D eigenvalue weighted by Gasteiger charge is -2.27. The summed E-state index contributed by atoms with van der Waals surface area (Å²) in [5.41, 5.74) is -0.159. The van der Waals surface area contributed by atoms with E-state index >= 15 is 0 Å². The normalized spacial score (nSPS) is 15.2. The molecule has 264 valence electrons. The average molecular weight is 685 g/mol. The number of hydrogen-bond acceptors (Lipinski definition) is 18. The molecule has 1 aliphatic rings. The SMILES string of the molecule is COc1ccc(C(=O)OOOC(=O)OCC2CCC(COC(=O)OOOC(=O)c3ccc(OC)c(OC)c3OC)CC2)c(OC)c1OC. The highest BCUT2D eigenvalue weighted by atomic mass is 17.5. The molecule has 0 amide bonds. The summed E-state index contributed by atoms with van der Waals surface area (Å²) in [6, 6.07) is 5.60. The van der Waals surface area contributed by atoms with Crippen molar-refractivity contribution in [1.29, 1.82) is 0 Å². The molecule has 3 rings (SSSR count). The Morgan fingerprint density at radius 1 is 0.500 bits per heavy atom. The first-order valence-corrected chi connectivity index (χ1v) is 14.2. The quantitative estimate of drug-likeness (QED) is 0.135. The third-order valence-corrected chi connectivity index (χ3v) is 7.11. The van der Waals surface area contributed by atoms with Crippen LogP contribution in [0.5, 0.6) is 34.5 Å². The van der Waals surface area contributed by atoms with Crippen LogP contribution in [0, 0.1) is 11.8 Å².